The van der Waals surface area contributed by atoms with Crippen molar-refractivity contribution in [3.8, 4) is 5.69 Å². The lowest BCUT2D eigenvalue weighted by atomic mass is 10.1. The lowest BCUT2D eigenvalue weighted by molar-refractivity contribution is -0.119. The summed E-state index contributed by atoms with van der Waals surface area (Å²) in [7, 11) is 0. The van der Waals surface area contributed by atoms with E-state index in [2.05, 4.69) is 27.3 Å². The van der Waals surface area contributed by atoms with E-state index in [4.69, 9.17) is 4.74 Å². The molecule has 9 heteroatoms. The van der Waals surface area contributed by atoms with Crippen LogP contribution in [-0.2, 0) is 9.53 Å². The van der Waals surface area contributed by atoms with Crippen LogP contribution in [0.25, 0.3) is 5.69 Å². The minimum Gasteiger partial charge on any atom is -0.376 e. The highest BCUT2D eigenvalue weighted by Gasteiger charge is 2.26. The fourth-order valence-electron chi connectivity index (χ4n) is 4.16. The maximum atomic E-state index is 13.5. The summed E-state index contributed by atoms with van der Waals surface area (Å²) in [6, 6.07) is 6.42. The van der Waals surface area contributed by atoms with Gasteiger partial charge in [-0.3, -0.25) is 14.3 Å². The zero-order chi connectivity index (χ0) is 21.6. The van der Waals surface area contributed by atoms with Crippen LogP contribution in [0.3, 0.4) is 0 Å². The summed E-state index contributed by atoms with van der Waals surface area (Å²) in [5.41, 5.74) is 0.799. The Labute approximate surface area is 186 Å². The first-order valence-corrected chi connectivity index (χ1v) is 12.1. The van der Waals surface area contributed by atoms with Crippen molar-refractivity contribution in [3.05, 3.63) is 35.9 Å². The molecule has 0 unspecified atom stereocenters. The summed E-state index contributed by atoms with van der Waals surface area (Å²) in [5, 5.41) is 12.5. The standard InChI is InChI=1S/C22H30FN5O2S/c1-16(27-11-3-2-4-12-27)21-25-26-22(28(21)18-9-7-17(23)8-10-18)31-15-20(29)24-14-19-6-5-13-30-19/h7-10,16,19H,2-6,11-15H2,1H3,(H,24,29)/t16-,19-/m1/s1. The van der Waals surface area contributed by atoms with Gasteiger partial charge in [0.2, 0.25) is 5.91 Å². The lowest BCUT2D eigenvalue weighted by Gasteiger charge is -2.31. The van der Waals surface area contributed by atoms with Crippen molar-refractivity contribution in [2.24, 2.45) is 0 Å². The molecule has 3 heterocycles. The van der Waals surface area contributed by atoms with Crippen LogP contribution in [0.5, 0.6) is 0 Å². The van der Waals surface area contributed by atoms with Gasteiger partial charge in [0.05, 0.1) is 17.9 Å². The molecule has 0 radical (unpaired) electrons. The Kier molecular flexibility index (Phi) is 7.58. The number of hydrogen-bond acceptors (Lipinski definition) is 6. The maximum Gasteiger partial charge on any atom is 0.230 e. The minimum atomic E-state index is -0.287. The summed E-state index contributed by atoms with van der Waals surface area (Å²) in [4.78, 5) is 14.8. The Morgan fingerprint density at radius 3 is 2.71 bits per heavy atom. The van der Waals surface area contributed by atoms with E-state index < -0.39 is 0 Å². The number of amides is 1. The molecule has 2 aliphatic rings. The largest absolute Gasteiger partial charge is 0.376 e. The molecule has 31 heavy (non-hydrogen) atoms. The van der Waals surface area contributed by atoms with Crippen molar-refractivity contribution >= 4 is 17.7 Å². The van der Waals surface area contributed by atoms with Gasteiger partial charge in [0.25, 0.3) is 0 Å². The molecule has 2 saturated heterocycles. The molecule has 0 aliphatic carbocycles. The molecule has 0 spiro atoms. The average molecular weight is 448 g/mol. The van der Waals surface area contributed by atoms with Crippen LogP contribution in [0.4, 0.5) is 4.39 Å². The Bertz CT molecular complexity index is 863. The lowest BCUT2D eigenvalue weighted by Crippen LogP contribution is -2.33. The highest BCUT2D eigenvalue weighted by Crippen LogP contribution is 2.29. The van der Waals surface area contributed by atoms with E-state index in [-0.39, 0.29) is 29.6 Å². The zero-order valence-corrected chi connectivity index (χ0v) is 18.7. The predicted octanol–water partition coefficient (Wildman–Crippen LogP) is 3.34. The third-order valence-corrected chi connectivity index (χ3v) is 6.87. The number of carbonyl (C=O) groups excluding carboxylic acids is 1. The van der Waals surface area contributed by atoms with Gasteiger partial charge in [-0.1, -0.05) is 18.2 Å². The number of rotatable bonds is 8. The predicted molar refractivity (Wildman–Crippen MR) is 118 cm³/mol. The number of benzene rings is 1. The van der Waals surface area contributed by atoms with E-state index >= 15 is 0 Å². The molecule has 1 aromatic heterocycles. The van der Waals surface area contributed by atoms with E-state index in [1.165, 1.54) is 43.2 Å². The van der Waals surface area contributed by atoms with E-state index in [1.807, 2.05) is 4.57 Å². The number of hydrogen-bond donors (Lipinski definition) is 1. The molecule has 168 valence electrons. The van der Waals surface area contributed by atoms with Crippen LogP contribution in [0.1, 0.15) is 50.9 Å². The third kappa shape index (κ3) is 5.64. The average Bonchev–Trinajstić information content (AvgIpc) is 3.47. The number of nitrogens with zero attached hydrogens (tertiary/aromatic N) is 4. The highest BCUT2D eigenvalue weighted by atomic mass is 32.2. The Morgan fingerprint density at radius 2 is 2.00 bits per heavy atom. The number of ether oxygens (including phenoxy) is 1. The highest BCUT2D eigenvalue weighted by molar-refractivity contribution is 7.99. The van der Waals surface area contributed by atoms with Gasteiger partial charge in [0, 0.05) is 18.8 Å². The summed E-state index contributed by atoms with van der Waals surface area (Å²) in [5.74, 6) is 0.713. The van der Waals surface area contributed by atoms with Crippen LogP contribution in [-0.4, -0.2) is 63.7 Å². The Hall–Kier alpha value is -1.97. The molecule has 2 aromatic rings. The smallest absolute Gasteiger partial charge is 0.230 e. The molecule has 2 atom stereocenters. The molecule has 0 saturated carbocycles. The first kappa shape index (κ1) is 22.2. The van der Waals surface area contributed by atoms with E-state index in [0.29, 0.717) is 11.7 Å². The second-order valence-corrected chi connectivity index (χ2v) is 9.10. The number of likely N-dealkylation sites (tertiary alicyclic amines) is 1. The first-order chi connectivity index (χ1) is 15.1. The van der Waals surface area contributed by atoms with E-state index in [1.54, 1.807) is 12.1 Å². The molecule has 2 aliphatic heterocycles. The normalized spacial score (nSPS) is 20.6. The molecule has 0 bridgehead atoms. The van der Waals surface area contributed by atoms with Gasteiger partial charge in [-0.2, -0.15) is 0 Å². The maximum absolute atomic E-state index is 13.5. The van der Waals surface area contributed by atoms with Crippen LogP contribution in [0.2, 0.25) is 0 Å². The number of piperidine rings is 1. The fourth-order valence-corrected chi connectivity index (χ4v) is 4.95. The van der Waals surface area contributed by atoms with Gasteiger partial charge in [-0.15, -0.1) is 10.2 Å². The van der Waals surface area contributed by atoms with Crippen molar-refractivity contribution in [2.45, 2.75) is 56.3 Å². The molecule has 1 N–H and O–H groups in total. The van der Waals surface area contributed by atoms with Crippen LogP contribution in [0, 0.1) is 5.82 Å². The van der Waals surface area contributed by atoms with Crippen LogP contribution >= 0.6 is 11.8 Å². The summed E-state index contributed by atoms with van der Waals surface area (Å²) >= 11 is 1.35. The van der Waals surface area contributed by atoms with E-state index in [9.17, 15) is 9.18 Å². The van der Waals surface area contributed by atoms with Crippen molar-refractivity contribution in [1.82, 2.24) is 25.0 Å². The second kappa shape index (κ2) is 10.6. The molecule has 2 fully saturated rings. The minimum absolute atomic E-state index is 0.0558. The number of nitrogens with one attached hydrogen (secondary N) is 1. The number of thioether (sulfide) groups is 1. The van der Waals surface area contributed by atoms with Gasteiger partial charge >= 0.3 is 0 Å². The first-order valence-electron chi connectivity index (χ1n) is 11.1. The molecule has 7 nitrogen and oxygen atoms in total. The third-order valence-electron chi connectivity index (χ3n) is 5.94. The van der Waals surface area contributed by atoms with Gasteiger partial charge in [-0.05, 0) is 70.0 Å². The second-order valence-electron chi connectivity index (χ2n) is 8.15. The molecule has 1 aromatic carbocycles. The monoisotopic (exact) mass is 447 g/mol. The molecular formula is C22H30FN5O2S. The Morgan fingerprint density at radius 1 is 1.23 bits per heavy atom. The van der Waals surface area contributed by atoms with Crippen LogP contribution < -0.4 is 5.32 Å². The number of halogens is 1. The zero-order valence-electron chi connectivity index (χ0n) is 17.9. The molecule has 4 rings (SSSR count). The van der Waals surface area contributed by atoms with Crippen LogP contribution in [0.15, 0.2) is 29.4 Å². The summed E-state index contributed by atoms with van der Waals surface area (Å²) < 4.78 is 21.0. The quantitative estimate of drug-likeness (QED) is 0.626. The van der Waals surface area contributed by atoms with E-state index in [0.717, 1.165) is 44.0 Å². The van der Waals surface area contributed by atoms with Gasteiger partial charge in [0.15, 0.2) is 11.0 Å². The number of aromatic nitrogens is 3. The fraction of sp³-hybridized carbons (Fsp3) is 0.591. The molecule has 1 amide bonds. The summed E-state index contributed by atoms with van der Waals surface area (Å²) in [6.45, 7) is 5.52. The van der Waals surface area contributed by atoms with Gasteiger partial charge < -0.3 is 10.1 Å². The SMILES string of the molecule is C[C@H](c1nnc(SCC(=O)NC[C@H]2CCCO2)n1-c1ccc(F)cc1)N1CCCCC1. The van der Waals surface area contributed by atoms with Gasteiger partial charge in [-0.25, -0.2) is 4.39 Å². The van der Waals surface area contributed by atoms with Gasteiger partial charge in [0.1, 0.15) is 5.82 Å². The summed E-state index contributed by atoms with van der Waals surface area (Å²) in [6.07, 6.45) is 5.78. The molecular weight excluding hydrogens is 417 g/mol. The topological polar surface area (TPSA) is 72.3 Å². The van der Waals surface area contributed by atoms with Crippen molar-refractivity contribution in [1.29, 1.82) is 0 Å². The number of carbonyl (C=O) groups is 1. The van der Waals surface area contributed by atoms with Crippen molar-refractivity contribution in [3.63, 3.8) is 0 Å². The van der Waals surface area contributed by atoms with Crippen molar-refractivity contribution in [2.75, 3.05) is 32.0 Å². The van der Waals surface area contributed by atoms with Crippen molar-refractivity contribution < 1.29 is 13.9 Å². The Balaban J connectivity index is 1.49.